The zero-order valence-electron chi connectivity index (χ0n) is 10.8. The summed E-state index contributed by atoms with van der Waals surface area (Å²) in [6.45, 7) is 3.12. The van der Waals surface area contributed by atoms with Gasteiger partial charge in [0.25, 0.3) is 0 Å². The first-order chi connectivity index (χ1) is 8.47. The summed E-state index contributed by atoms with van der Waals surface area (Å²) in [7, 11) is 1.66. The second-order valence-corrected chi connectivity index (χ2v) is 4.67. The van der Waals surface area contributed by atoms with E-state index < -0.39 is 5.97 Å². The van der Waals surface area contributed by atoms with Crippen molar-refractivity contribution < 1.29 is 14.7 Å². The molecule has 2 unspecified atom stereocenters. The molecule has 0 spiro atoms. The maximum absolute atomic E-state index is 11.9. The van der Waals surface area contributed by atoms with Crippen molar-refractivity contribution in [3.05, 3.63) is 0 Å². The van der Waals surface area contributed by atoms with Gasteiger partial charge in [0.1, 0.15) is 0 Å². The third-order valence-corrected chi connectivity index (χ3v) is 3.53. The van der Waals surface area contributed by atoms with Gasteiger partial charge in [-0.05, 0) is 19.9 Å². The van der Waals surface area contributed by atoms with E-state index in [1.165, 1.54) is 4.90 Å². The highest BCUT2D eigenvalue weighted by Gasteiger charge is 2.36. The average molecular weight is 253 g/mol. The Hall–Kier alpha value is -1.61. The Morgan fingerprint density at radius 2 is 2.22 bits per heavy atom. The quantitative estimate of drug-likeness (QED) is 0.754. The fourth-order valence-corrected chi connectivity index (χ4v) is 2.19. The maximum atomic E-state index is 11.9. The highest BCUT2D eigenvalue weighted by molar-refractivity contribution is 5.78. The van der Waals surface area contributed by atoms with Gasteiger partial charge in [0.15, 0.2) is 0 Å². The SMILES string of the molecule is CC1C(C(=O)O)CCN1CC(=O)N(C)CCC#N. The van der Waals surface area contributed by atoms with Crippen LogP contribution < -0.4 is 0 Å². The lowest BCUT2D eigenvalue weighted by Crippen LogP contribution is -2.41. The van der Waals surface area contributed by atoms with Crippen LogP contribution in [0.15, 0.2) is 0 Å². The molecule has 0 aromatic rings. The largest absolute Gasteiger partial charge is 0.481 e. The van der Waals surface area contributed by atoms with Crippen LogP contribution in [-0.4, -0.2) is 59.5 Å². The number of nitriles is 1. The van der Waals surface area contributed by atoms with E-state index in [9.17, 15) is 9.59 Å². The van der Waals surface area contributed by atoms with E-state index in [4.69, 9.17) is 10.4 Å². The molecule has 6 nitrogen and oxygen atoms in total. The van der Waals surface area contributed by atoms with Crippen molar-refractivity contribution in [2.45, 2.75) is 25.8 Å². The zero-order valence-corrected chi connectivity index (χ0v) is 10.8. The van der Waals surface area contributed by atoms with Crippen LogP contribution in [0.3, 0.4) is 0 Å². The molecule has 1 amide bonds. The van der Waals surface area contributed by atoms with Gasteiger partial charge in [-0.1, -0.05) is 0 Å². The summed E-state index contributed by atoms with van der Waals surface area (Å²) in [5, 5.41) is 17.5. The highest BCUT2D eigenvalue weighted by atomic mass is 16.4. The van der Waals surface area contributed by atoms with Gasteiger partial charge in [-0.15, -0.1) is 0 Å². The van der Waals surface area contributed by atoms with Gasteiger partial charge >= 0.3 is 5.97 Å². The Morgan fingerprint density at radius 1 is 1.56 bits per heavy atom. The van der Waals surface area contributed by atoms with Gasteiger partial charge < -0.3 is 10.0 Å². The van der Waals surface area contributed by atoms with Crippen LogP contribution in [0.2, 0.25) is 0 Å². The number of amides is 1. The first kappa shape index (κ1) is 14.5. The lowest BCUT2D eigenvalue weighted by molar-refractivity contribution is -0.143. The maximum Gasteiger partial charge on any atom is 0.308 e. The van der Waals surface area contributed by atoms with Gasteiger partial charge in [0.2, 0.25) is 5.91 Å². The minimum Gasteiger partial charge on any atom is -0.481 e. The topological polar surface area (TPSA) is 84.6 Å². The average Bonchev–Trinajstić information content (AvgIpc) is 2.68. The molecule has 1 N–H and O–H groups in total. The molecule has 0 aliphatic carbocycles. The van der Waals surface area contributed by atoms with Gasteiger partial charge in [-0.3, -0.25) is 14.5 Å². The number of likely N-dealkylation sites (tertiary alicyclic amines) is 1. The van der Waals surface area contributed by atoms with Crippen molar-refractivity contribution >= 4 is 11.9 Å². The molecule has 18 heavy (non-hydrogen) atoms. The van der Waals surface area contributed by atoms with Crippen LogP contribution in [-0.2, 0) is 9.59 Å². The van der Waals surface area contributed by atoms with E-state index in [1.54, 1.807) is 7.05 Å². The molecule has 6 heteroatoms. The van der Waals surface area contributed by atoms with Crippen molar-refractivity contribution in [3.63, 3.8) is 0 Å². The smallest absolute Gasteiger partial charge is 0.308 e. The summed E-state index contributed by atoms with van der Waals surface area (Å²) in [5.41, 5.74) is 0. The Kier molecular flexibility index (Phi) is 5.10. The fourth-order valence-electron chi connectivity index (χ4n) is 2.19. The van der Waals surface area contributed by atoms with Crippen LogP contribution in [0.1, 0.15) is 19.8 Å². The van der Waals surface area contributed by atoms with E-state index in [-0.39, 0.29) is 24.4 Å². The molecule has 0 bridgehead atoms. The molecule has 1 saturated heterocycles. The molecule has 1 aliphatic heterocycles. The van der Waals surface area contributed by atoms with E-state index in [2.05, 4.69) is 0 Å². The van der Waals surface area contributed by atoms with Crippen molar-refractivity contribution in [1.82, 2.24) is 9.80 Å². The zero-order chi connectivity index (χ0) is 13.7. The van der Waals surface area contributed by atoms with Gasteiger partial charge in [0.05, 0.1) is 25.0 Å². The molecule has 0 radical (unpaired) electrons. The molecular weight excluding hydrogens is 234 g/mol. The Labute approximate surface area is 107 Å². The van der Waals surface area contributed by atoms with Crippen LogP contribution >= 0.6 is 0 Å². The van der Waals surface area contributed by atoms with E-state index in [0.717, 1.165) is 0 Å². The number of aliphatic carboxylic acids is 1. The number of carbonyl (C=O) groups excluding carboxylic acids is 1. The number of carbonyl (C=O) groups is 2. The van der Waals surface area contributed by atoms with Crippen LogP contribution in [0.5, 0.6) is 0 Å². The van der Waals surface area contributed by atoms with Crippen LogP contribution in [0.4, 0.5) is 0 Å². The molecule has 1 rings (SSSR count). The van der Waals surface area contributed by atoms with E-state index >= 15 is 0 Å². The molecule has 1 heterocycles. The van der Waals surface area contributed by atoms with E-state index in [0.29, 0.717) is 25.9 Å². The molecular formula is C12H19N3O3. The Balaban J connectivity index is 2.46. The summed E-state index contributed by atoms with van der Waals surface area (Å²) in [6.07, 6.45) is 0.904. The molecule has 2 atom stereocenters. The standard InChI is InChI=1S/C12H19N3O3/c1-9-10(12(17)18)4-7-15(9)8-11(16)14(2)6-3-5-13/h9-10H,3-4,6-8H2,1-2H3,(H,17,18). The van der Waals surface area contributed by atoms with Crippen LogP contribution in [0.25, 0.3) is 0 Å². The number of carboxylic acid groups (broad SMARTS) is 1. The summed E-state index contributed by atoms with van der Waals surface area (Å²) < 4.78 is 0. The van der Waals surface area contributed by atoms with E-state index in [1.807, 2.05) is 17.9 Å². The monoisotopic (exact) mass is 253 g/mol. The number of carboxylic acids is 1. The minimum absolute atomic E-state index is 0.0665. The van der Waals surface area contributed by atoms with Crippen molar-refractivity contribution in [2.75, 3.05) is 26.7 Å². The Bertz CT molecular complexity index is 364. The first-order valence-electron chi connectivity index (χ1n) is 6.05. The first-order valence-corrected chi connectivity index (χ1v) is 6.05. The highest BCUT2D eigenvalue weighted by Crippen LogP contribution is 2.23. The lowest BCUT2D eigenvalue weighted by Gasteiger charge is -2.25. The third kappa shape index (κ3) is 3.44. The molecule has 0 aromatic carbocycles. The molecule has 0 aromatic heterocycles. The van der Waals surface area contributed by atoms with Gasteiger partial charge in [-0.2, -0.15) is 5.26 Å². The third-order valence-electron chi connectivity index (χ3n) is 3.53. The summed E-state index contributed by atoms with van der Waals surface area (Å²) in [6, 6.07) is 1.88. The number of nitrogens with zero attached hydrogens (tertiary/aromatic N) is 3. The molecule has 100 valence electrons. The molecule has 1 fully saturated rings. The normalized spacial score (nSPS) is 23.6. The molecule has 0 saturated carbocycles. The van der Waals surface area contributed by atoms with Crippen molar-refractivity contribution in [1.29, 1.82) is 5.26 Å². The van der Waals surface area contributed by atoms with Gasteiger partial charge in [0, 0.05) is 19.6 Å². The van der Waals surface area contributed by atoms with Gasteiger partial charge in [-0.25, -0.2) is 0 Å². The number of likely N-dealkylation sites (N-methyl/N-ethyl adjacent to an activating group) is 1. The van der Waals surface area contributed by atoms with Crippen molar-refractivity contribution in [3.8, 4) is 6.07 Å². The lowest BCUT2D eigenvalue weighted by atomic mass is 10.0. The van der Waals surface area contributed by atoms with Crippen LogP contribution in [0, 0.1) is 17.2 Å². The number of rotatable bonds is 5. The van der Waals surface area contributed by atoms with Crippen molar-refractivity contribution in [2.24, 2.45) is 5.92 Å². The fraction of sp³-hybridized carbons (Fsp3) is 0.750. The summed E-state index contributed by atoms with van der Waals surface area (Å²) in [5.74, 6) is -1.25. The minimum atomic E-state index is -0.796. The second-order valence-electron chi connectivity index (χ2n) is 4.67. The second kappa shape index (κ2) is 6.36. The summed E-state index contributed by atoms with van der Waals surface area (Å²) in [4.78, 5) is 26.2. The summed E-state index contributed by atoms with van der Waals surface area (Å²) >= 11 is 0. The number of hydrogen-bond donors (Lipinski definition) is 1. The predicted molar refractivity (Wildman–Crippen MR) is 64.6 cm³/mol. The predicted octanol–water partition coefficient (Wildman–Crippen LogP) is 0.153. The Morgan fingerprint density at radius 3 is 2.72 bits per heavy atom. The molecule has 1 aliphatic rings. The number of hydrogen-bond acceptors (Lipinski definition) is 4.